The van der Waals surface area contributed by atoms with Crippen LogP contribution in [0.4, 0.5) is 40.4 Å². The van der Waals surface area contributed by atoms with E-state index in [9.17, 15) is 41.5 Å². The maximum atomic E-state index is 14.0. The zero-order valence-electron chi connectivity index (χ0n) is 39.6. The normalized spacial score (nSPS) is 21.8. The number of benzene rings is 3. The fourth-order valence-electron chi connectivity index (χ4n) is 10.9. The minimum absolute atomic E-state index is 0.195. The predicted octanol–water partition coefficient (Wildman–Crippen LogP) is 6.67. The Kier molecular flexibility index (Phi) is 12.6. The molecule has 3 atom stereocenters. The van der Waals surface area contributed by atoms with Crippen LogP contribution in [0, 0.1) is 17.2 Å². The highest BCUT2D eigenvalue weighted by atomic mass is 19.4. The maximum Gasteiger partial charge on any atom is 0.573 e. The van der Waals surface area contributed by atoms with Crippen LogP contribution in [0.2, 0.25) is 0 Å². The number of halogens is 4. The van der Waals surface area contributed by atoms with Gasteiger partial charge in [0, 0.05) is 100 Å². The number of nitrogens with one attached hydrogen (secondary N) is 4. The van der Waals surface area contributed by atoms with Gasteiger partial charge < -0.3 is 35.2 Å². The summed E-state index contributed by atoms with van der Waals surface area (Å²) >= 11 is 0. The van der Waals surface area contributed by atoms with Gasteiger partial charge in [0.05, 0.1) is 16.8 Å². The van der Waals surface area contributed by atoms with Crippen LogP contribution in [0.15, 0.2) is 85.2 Å². The number of fused-ring (bicyclic) bond motifs is 4. The van der Waals surface area contributed by atoms with Crippen molar-refractivity contribution in [3.05, 3.63) is 102 Å². The molecule has 1 aliphatic carbocycles. The lowest BCUT2D eigenvalue weighted by Crippen LogP contribution is -2.69. The molecule has 7 aliphatic rings. The zero-order valence-corrected chi connectivity index (χ0v) is 39.6. The highest BCUT2D eigenvalue weighted by molar-refractivity contribution is 6.17. The van der Waals surface area contributed by atoms with E-state index in [0.29, 0.717) is 102 Å². The van der Waals surface area contributed by atoms with E-state index in [2.05, 4.69) is 45.8 Å². The molecule has 5 aromatic rings. The number of aromatic nitrogens is 2. The molecule has 380 valence electrons. The molecule has 4 N–H and O–H groups in total. The van der Waals surface area contributed by atoms with Gasteiger partial charge in [-0.1, -0.05) is 0 Å². The van der Waals surface area contributed by atoms with Gasteiger partial charge in [-0.05, 0) is 123 Å². The number of nitrogens with zero attached hydrogens (tertiary/aromatic N) is 6. The predicted molar refractivity (Wildman–Crippen MR) is 259 cm³/mol. The van der Waals surface area contributed by atoms with E-state index in [1.165, 1.54) is 41.4 Å². The average molecular weight is 1010 g/mol. The van der Waals surface area contributed by atoms with Crippen LogP contribution in [0.3, 0.4) is 0 Å². The van der Waals surface area contributed by atoms with E-state index in [-0.39, 0.29) is 36.3 Å². The fraction of sp³-hybridized carbons (Fsp3) is 0.404. The van der Waals surface area contributed by atoms with Crippen molar-refractivity contribution in [2.24, 2.45) is 11.3 Å². The molecule has 2 aromatic heterocycles. The molecule has 6 aliphatic heterocycles. The number of piperidine rings is 3. The van der Waals surface area contributed by atoms with Gasteiger partial charge >= 0.3 is 6.36 Å². The van der Waals surface area contributed by atoms with Crippen molar-refractivity contribution >= 4 is 63.3 Å². The van der Waals surface area contributed by atoms with Crippen molar-refractivity contribution < 1.29 is 51.0 Å². The summed E-state index contributed by atoms with van der Waals surface area (Å²) < 4.78 is 66.1. The number of amides is 5. The first-order valence-corrected chi connectivity index (χ1v) is 24.6. The Morgan fingerprint density at radius 3 is 2.22 bits per heavy atom. The number of ether oxygens (including phenoxy) is 2. The summed E-state index contributed by atoms with van der Waals surface area (Å²) in [7, 11) is 0. The average Bonchev–Trinajstić information content (AvgIpc) is 4.13. The van der Waals surface area contributed by atoms with Gasteiger partial charge in [-0.3, -0.25) is 44.1 Å². The van der Waals surface area contributed by atoms with Crippen LogP contribution >= 0.6 is 0 Å². The molecule has 3 unspecified atom stereocenters. The van der Waals surface area contributed by atoms with Crippen molar-refractivity contribution in [1.82, 2.24) is 30.0 Å². The molecule has 73 heavy (non-hydrogen) atoms. The van der Waals surface area contributed by atoms with Crippen LogP contribution in [0.25, 0.3) is 10.9 Å². The fourth-order valence-corrected chi connectivity index (χ4v) is 10.9. The topological polar surface area (TPSA) is 191 Å². The summed E-state index contributed by atoms with van der Waals surface area (Å²) in [5.74, 6) is -1.16. The second-order valence-corrected chi connectivity index (χ2v) is 19.8. The quantitative estimate of drug-likeness (QED) is 0.0495. The lowest BCUT2D eigenvalue weighted by atomic mass is 9.84. The largest absolute Gasteiger partial charge is 0.573 e. The molecule has 12 rings (SSSR count). The number of hydrogen-bond donors (Lipinski definition) is 4. The monoisotopic (exact) mass is 1000 g/mol. The number of pyridine rings is 2. The van der Waals surface area contributed by atoms with Crippen LogP contribution in [0.1, 0.15) is 60.9 Å². The van der Waals surface area contributed by atoms with E-state index < -0.39 is 41.4 Å². The van der Waals surface area contributed by atoms with Crippen molar-refractivity contribution in [3.63, 3.8) is 0 Å². The molecule has 3 aromatic carbocycles. The van der Waals surface area contributed by atoms with E-state index >= 15 is 0 Å². The van der Waals surface area contributed by atoms with E-state index in [1.807, 2.05) is 11.0 Å². The third kappa shape index (κ3) is 10.1. The van der Waals surface area contributed by atoms with Gasteiger partial charge in [0.1, 0.15) is 34.6 Å². The van der Waals surface area contributed by atoms with E-state index in [1.54, 1.807) is 42.6 Å². The molecule has 2 bridgehead atoms. The standard InChI is InChI=1S/C52H52F4N10O7/c53-32-1-3-33(4-2-32)60-49(70)51(14-15-51)50(71)61-34-5-7-37(8-6-34)72-43-11-16-57-40-24-42(44(23-38(40)43)73-52(54,55)56)64-18-12-30(13-19-64)26-65-35-22-36(65)29-63(28-35)20-17-58-45-21-31-27-66(48(69)39(31)25-59-45)41-9-10-46(67)62-47(41)68/h1-8,11,16,21,23-25,30,35-36,41H,9-10,12-15,17-20,22,26-29H2,(H,58,59)(H,60,70)(H,61,71)(H,62,67,68). The second kappa shape index (κ2) is 19.2. The summed E-state index contributed by atoms with van der Waals surface area (Å²) in [6.07, 6.45) is 2.07. The minimum Gasteiger partial charge on any atom is -0.457 e. The molecular weight excluding hydrogens is 953 g/mol. The molecule has 5 saturated heterocycles. The molecule has 8 heterocycles. The molecule has 0 spiro atoms. The summed E-state index contributed by atoms with van der Waals surface area (Å²) in [6.45, 7) is 5.66. The molecule has 5 amide bonds. The third-order valence-corrected chi connectivity index (χ3v) is 15.1. The molecule has 0 radical (unpaired) electrons. The van der Waals surface area contributed by atoms with E-state index in [4.69, 9.17) is 4.74 Å². The lowest BCUT2D eigenvalue weighted by molar-refractivity contribution is -0.274. The number of carbonyl (C=O) groups is 5. The Balaban J connectivity index is 0.664. The summed E-state index contributed by atoms with van der Waals surface area (Å²) in [5, 5.41) is 11.5. The Hall–Kier alpha value is -7.39. The molecule has 6 fully saturated rings. The smallest absolute Gasteiger partial charge is 0.457 e. The number of anilines is 4. The SMILES string of the molecule is O=C1CCC(N2Cc3cc(NCCN4CC5CC(C4)N5CC4CCN(c5cc6nccc(Oc7ccc(NC(=O)C8(C(=O)Nc9ccc(F)cc9)CC8)cc7)c6cc5OC(F)(F)F)CC4)ncc3C2=O)C(=O)N1. The highest BCUT2D eigenvalue weighted by Gasteiger charge is 2.56. The molecule has 17 nitrogen and oxygen atoms in total. The number of hydrogen-bond acceptors (Lipinski definition) is 13. The lowest BCUT2D eigenvalue weighted by Gasteiger charge is -2.57. The third-order valence-electron chi connectivity index (χ3n) is 15.1. The van der Waals surface area contributed by atoms with Crippen LogP contribution in [-0.2, 0) is 25.7 Å². The molecule has 1 saturated carbocycles. The van der Waals surface area contributed by atoms with Crippen LogP contribution < -0.4 is 35.6 Å². The van der Waals surface area contributed by atoms with Gasteiger partial charge in [0.15, 0.2) is 5.75 Å². The Bertz CT molecular complexity index is 2970. The van der Waals surface area contributed by atoms with Gasteiger partial charge in [-0.25, -0.2) is 9.37 Å². The van der Waals surface area contributed by atoms with Gasteiger partial charge in [0.2, 0.25) is 23.6 Å². The maximum absolute atomic E-state index is 14.0. The summed E-state index contributed by atoms with van der Waals surface area (Å²) in [4.78, 5) is 80.8. The van der Waals surface area contributed by atoms with Crippen molar-refractivity contribution in [3.8, 4) is 17.2 Å². The van der Waals surface area contributed by atoms with Crippen molar-refractivity contribution in [2.75, 3.05) is 66.7 Å². The number of imide groups is 1. The second-order valence-electron chi connectivity index (χ2n) is 19.8. The number of rotatable bonds is 15. The highest BCUT2D eigenvalue weighted by Crippen LogP contribution is 2.48. The van der Waals surface area contributed by atoms with Crippen LogP contribution in [-0.4, -0.2) is 125 Å². The van der Waals surface area contributed by atoms with Crippen molar-refractivity contribution in [1.29, 1.82) is 0 Å². The Labute approximate surface area is 416 Å². The van der Waals surface area contributed by atoms with Gasteiger partial charge in [0.25, 0.3) is 5.91 Å². The molecular formula is C52H52F4N10O7. The first-order valence-electron chi connectivity index (χ1n) is 24.6. The Morgan fingerprint density at radius 2 is 1.55 bits per heavy atom. The number of carbonyl (C=O) groups excluding carboxylic acids is 5. The first kappa shape index (κ1) is 47.9. The summed E-state index contributed by atoms with van der Waals surface area (Å²) in [6, 6.07) is 18.2. The number of alkyl halides is 3. The summed E-state index contributed by atoms with van der Waals surface area (Å²) in [5.41, 5.74) is 1.52. The Morgan fingerprint density at radius 1 is 0.849 bits per heavy atom. The van der Waals surface area contributed by atoms with Crippen molar-refractivity contribution in [2.45, 2.75) is 76.0 Å². The van der Waals surface area contributed by atoms with Gasteiger partial charge in [-0.15, -0.1) is 13.2 Å². The van der Waals surface area contributed by atoms with E-state index in [0.717, 1.165) is 51.0 Å². The minimum atomic E-state index is -4.95. The number of piperazine rings is 1. The molecule has 21 heteroatoms. The zero-order chi connectivity index (χ0) is 50.6. The first-order chi connectivity index (χ1) is 35.1. The van der Waals surface area contributed by atoms with Crippen LogP contribution in [0.5, 0.6) is 17.2 Å². The van der Waals surface area contributed by atoms with Gasteiger partial charge in [-0.2, -0.15) is 0 Å².